The van der Waals surface area contributed by atoms with Crippen molar-refractivity contribution < 1.29 is 17.2 Å². The highest BCUT2D eigenvalue weighted by atomic mass is 32.2. The normalized spacial score (nSPS) is 13.5. The van der Waals surface area contributed by atoms with Crippen LogP contribution in [0.2, 0.25) is 0 Å². The van der Waals surface area contributed by atoms with Crippen molar-refractivity contribution in [2.45, 2.75) is 18.0 Å². The molecule has 0 aliphatic rings. The van der Waals surface area contributed by atoms with Gasteiger partial charge in [0, 0.05) is 6.54 Å². The summed E-state index contributed by atoms with van der Waals surface area (Å²) in [6.07, 6.45) is -1.23. The van der Waals surface area contributed by atoms with Crippen molar-refractivity contribution in [1.29, 1.82) is 0 Å². The molecule has 1 aromatic rings. The van der Waals surface area contributed by atoms with Gasteiger partial charge in [-0.05, 0) is 19.1 Å². The Bertz CT molecular complexity index is 474. The van der Waals surface area contributed by atoms with Crippen LogP contribution in [-0.2, 0) is 10.0 Å². The Kier molecular flexibility index (Phi) is 3.82. The van der Waals surface area contributed by atoms with E-state index in [9.17, 15) is 17.2 Å². The lowest BCUT2D eigenvalue weighted by Gasteiger charge is -2.11. The van der Waals surface area contributed by atoms with Crippen LogP contribution in [0.4, 0.5) is 14.5 Å². The summed E-state index contributed by atoms with van der Waals surface area (Å²) in [6, 6.07) is 3.45. The topological polar surface area (TPSA) is 72.2 Å². The number of hydrogen-bond donors (Lipinski definition) is 2. The van der Waals surface area contributed by atoms with Crippen LogP contribution in [-0.4, -0.2) is 21.1 Å². The molecule has 7 heteroatoms. The van der Waals surface area contributed by atoms with Gasteiger partial charge in [-0.1, -0.05) is 6.07 Å². The Labute approximate surface area is 92.5 Å². The fourth-order valence-corrected chi connectivity index (χ4v) is 1.88. The third-order valence-corrected chi connectivity index (χ3v) is 2.80. The molecule has 0 aliphatic carbocycles. The quantitative estimate of drug-likeness (QED) is 0.844. The average Bonchev–Trinajstić information content (AvgIpc) is 2.13. The van der Waals surface area contributed by atoms with Gasteiger partial charge in [-0.25, -0.2) is 22.3 Å². The number of alkyl halides is 1. The van der Waals surface area contributed by atoms with Crippen LogP contribution in [0.5, 0.6) is 0 Å². The fourth-order valence-electron chi connectivity index (χ4n) is 1.16. The summed E-state index contributed by atoms with van der Waals surface area (Å²) in [4.78, 5) is -0.381. The van der Waals surface area contributed by atoms with Gasteiger partial charge in [0.25, 0.3) is 0 Å². The van der Waals surface area contributed by atoms with Crippen LogP contribution >= 0.6 is 0 Å². The zero-order valence-corrected chi connectivity index (χ0v) is 9.39. The smallest absolute Gasteiger partial charge is 0.240 e. The first-order chi connectivity index (χ1) is 7.32. The molecular formula is C9H12F2N2O2S. The molecule has 90 valence electrons. The van der Waals surface area contributed by atoms with Crippen LogP contribution < -0.4 is 10.5 Å². The van der Waals surface area contributed by atoms with Crippen molar-refractivity contribution >= 4 is 15.7 Å². The number of nitrogens with two attached hydrogens (primary N) is 1. The van der Waals surface area contributed by atoms with Crippen molar-refractivity contribution in [3.05, 3.63) is 24.0 Å². The van der Waals surface area contributed by atoms with Crippen LogP contribution in [0, 0.1) is 5.82 Å². The number of primary sulfonamides is 1. The Morgan fingerprint density at radius 3 is 2.62 bits per heavy atom. The first-order valence-electron chi connectivity index (χ1n) is 4.51. The van der Waals surface area contributed by atoms with E-state index in [2.05, 4.69) is 5.32 Å². The molecule has 0 bridgehead atoms. The van der Waals surface area contributed by atoms with Gasteiger partial charge in [0.15, 0.2) is 0 Å². The lowest BCUT2D eigenvalue weighted by atomic mass is 10.3. The third kappa shape index (κ3) is 3.14. The zero-order chi connectivity index (χ0) is 12.3. The molecular weight excluding hydrogens is 238 g/mol. The highest BCUT2D eigenvalue weighted by Gasteiger charge is 2.17. The van der Waals surface area contributed by atoms with Crippen molar-refractivity contribution in [2.24, 2.45) is 5.14 Å². The minimum Gasteiger partial charge on any atom is -0.379 e. The van der Waals surface area contributed by atoms with E-state index in [4.69, 9.17) is 5.14 Å². The van der Waals surface area contributed by atoms with Crippen LogP contribution in [0.1, 0.15) is 6.92 Å². The van der Waals surface area contributed by atoms with Crippen LogP contribution in [0.25, 0.3) is 0 Å². The molecule has 16 heavy (non-hydrogen) atoms. The molecule has 0 fully saturated rings. The number of benzene rings is 1. The molecule has 0 aliphatic heterocycles. The second kappa shape index (κ2) is 4.75. The Morgan fingerprint density at radius 1 is 1.50 bits per heavy atom. The summed E-state index contributed by atoms with van der Waals surface area (Å²) in [5.41, 5.74) is -0.297. The minimum atomic E-state index is -4.03. The monoisotopic (exact) mass is 250 g/mol. The van der Waals surface area contributed by atoms with Gasteiger partial charge in [0.1, 0.15) is 16.9 Å². The second-order valence-electron chi connectivity index (χ2n) is 3.32. The highest BCUT2D eigenvalue weighted by Crippen LogP contribution is 2.23. The summed E-state index contributed by atoms with van der Waals surface area (Å²) in [6.45, 7) is 1.08. The van der Waals surface area contributed by atoms with Gasteiger partial charge in [0.2, 0.25) is 10.0 Å². The van der Waals surface area contributed by atoms with Gasteiger partial charge in [0.05, 0.1) is 5.69 Å². The summed E-state index contributed by atoms with van der Waals surface area (Å²) in [5.74, 6) is -0.785. The molecule has 0 heterocycles. The summed E-state index contributed by atoms with van der Waals surface area (Å²) >= 11 is 0. The summed E-state index contributed by atoms with van der Waals surface area (Å²) < 4.78 is 48.2. The number of rotatable bonds is 4. The molecule has 1 atom stereocenters. The van der Waals surface area contributed by atoms with Crippen LogP contribution in [0.15, 0.2) is 23.1 Å². The molecule has 0 saturated carbocycles. The first kappa shape index (κ1) is 12.9. The Hall–Kier alpha value is -1.21. The number of halogens is 2. The molecule has 1 aromatic carbocycles. The number of nitrogens with one attached hydrogen (secondary N) is 1. The molecule has 0 radical (unpaired) electrons. The number of sulfonamides is 1. The van der Waals surface area contributed by atoms with E-state index >= 15 is 0 Å². The van der Waals surface area contributed by atoms with E-state index in [1.807, 2.05) is 0 Å². The summed E-state index contributed by atoms with van der Waals surface area (Å²) in [5, 5.41) is 7.28. The number of hydrogen-bond acceptors (Lipinski definition) is 3. The van der Waals surface area contributed by atoms with Crippen molar-refractivity contribution in [3.8, 4) is 0 Å². The average molecular weight is 250 g/mol. The molecule has 1 rings (SSSR count). The van der Waals surface area contributed by atoms with E-state index in [1.165, 1.54) is 13.0 Å². The van der Waals surface area contributed by atoms with Crippen LogP contribution in [0.3, 0.4) is 0 Å². The number of para-hydroxylation sites is 1. The SMILES string of the molecule is CC(F)CNc1c(F)cccc1S(N)(=O)=O. The van der Waals surface area contributed by atoms with E-state index in [1.54, 1.807) is 0 Å². The molecule has 4 nitrogen and oxygen atoms in total. The maximum atomic E-state index is 13.3. The molecule has 3 N–H and O–H groups in total. The maximum absolute atomic E-state index is 13.3. The van der Waals surface area contributed by atoms with Gasteiger partial charge < -0.3 is 5.32 Å². The third-order valence-electron chi connectivity index (χ3n) is 1.84. The lowest BCUT2D eigenvalue weighted by molar-refractivity contribution is 0.377. The predicted octanol–water partition coefficient (Wildman–Crippen LogP) is 1.24. The molecule has 0 spiro atoms. The lowest BCUT2D eigenvalue weighted by Crippen LogP contribution is -2.19. The van der Waals surface area contributed by atoms with Gasteiger partial charge in [-0.3, -0.25) is 0 Å². The standard InChI is InChI=1S/C9H12F2N2O2S/c1-6(10)5-13-9-7(11)3-2-4-8(9)16(12,14)15/h2-4,6,13H,5H2,1H3,(H2,12,14,15). The maximum Gasteiger partial charge on any atom is 0.240 e. The fraction of sp³-hybridized carbons (Fsp3) is 0.333. The predicted molar refractivity (Wildman–Crippen MR) is 56.8 cm³/mol. The second-order valence-corrected chi connectivity index (χ2v) is 4.85. The zero-order valence-electron chi connectivity index (χ0n) is 8.57. The van der Waals surface area contributed by atoms with Gasteiger partial charge in [-0.2, -0.15) is 0 Å². The van der Waals surface area contributed by atoms with E-state index < -0.39 is 22.0 Å². The number of anilines is 1. The van der Waals surface area contributed by atoms with E-state index in [0.29, 0.717) is 0 Å². The minimum absolute atomic E-state index is 0.191. The van der Waals surface area contributed by atoms with Crippen molar-refractivity contribution in [1.82, 2.24) is 0 Å². The summed E-state index contributed by atoms with van der Waals surface area (Å²) in [7, 11) is -4.03. The molecule has 1 unspecified atom stereocenters. The van der Waals surface area contributed by atoms with Gasteiger partial charge in [-0.15, -0.1) is 0 Å². The highest BCUT2D eigenvalue weighted by molar-refractivity contribution is 7.89. The molecule has 0 saturated heterocycles. The Balaban J connectivity index is 3.15. The van der Waals surface area contributed by atoms with E-state index in [0.717, 1.165) is 12.1 Å². The van der Waals surface area contributed by atoms with Crippen molar-refractivity contribution in [2.75, 3.05) is 11.9 Å². The van der Waals surface area contributed by atoms with Crippen molar-refractivity contribution in [3.63, 3.8) is 0 Å². The van der Waals surface area contributed by atoms with E-state index in [-0.39, 0.29) is 17.1 Å². The first-order valence-corrected chi connectivity index (χ1v) is 6.06. The largest absolute Gasteiger partial charge is 0.379 e. The Morgan fingerprint density at radius 2 is 2.12 bits per heavy atom. The molecule has 0 amide bonds. The molecule has 0 aromatic heterocycles. The van der Waals surface area contributed by atoms with Gasteiger partial charge >= 0.3 is 0 Å².